The van der Waals surface area contributed by atoms with Gasteiger partial charge in [-0.2, -0.15) is 5.26 Å². The number of rotatable bonds is 4. The van der Waals surface area contributed by atoms with Gasteiger partial charge in [-0.3, -0.25) is 0 Å². The van der Waals surface area contributed by atoms with Crippen LogP contribution < -0.4 is 5.32 Å². The van der Waals surface area contributed by atoms with Crippen molar-refractivity contribution in [2.75, 3.05) is 11.9 Å². The molecule has 0 aliphatic heterocycles. The minimum atomic E-state index is -0.865. The molecule has 1 unspecified atom stereocenters. The van der Waals surface area contributed by atoms with Crippen LogP contribution in [-0.4, -0.2) is 11.7 Å². The molecule has 0 aromatic heterocycles. The Morgan fingerprint density at radius 2 is 1.75 bits per heavy atom. The van der Waals surface area contributed by atoms with Crippen molar-refractivity contribution in [1.82, 2.24) is 0 Å². The Balaban J connectivity index is 2.32. The summed E-state index contributed by atoms with van der Waals surface area (Å²) in [4.78, 5) is 0. The van der Waals surface area contributed by atoms with E-state index in [1.165, 1.54) is 0 Å². The first-order chi connectivity index (χ1) is 9.65. The maximum atomic E-state index is 13.8. The summed E-state index contributed by atoms with van der Waals surface area (Å²) in [6.45, 7) is -0.317. The number of nitrogens with zero attached hydrogens (tertiary/aromatic N) is 1. The second-order valence-corrected chi connectivity index (χ2v) is 4.22. The van der Waals surface area contributed by atoms with Crippen LogP contribution >= 0.6 is 0 Å². The molecule has 2 rings (SSSR count). The molecule has 0 bridgehead atoms. The fraction of sp³-hybridized carbons (Fsp3) is 0.133. The lowest BCUT2D eigenvalue weighted by Crippen LogP contribution is -2.16. The first-order valence-electron chi connectivity index (χ1n) is 5.97. The predicted molar refractivity (Wildman–Crippen MR) is 71.0 cm³/mol. The van der Waals surface area contributed by atoms with Crippen LogP contribution in [0.2, 0.25) is 0 Å². The number of benzene rings is 2. The van der Waals surface area contributed by atoms with Gasteiger partial charge in [-0.25, -0.2) is 8.78 Å². The van der Waals surface area contributed by atoms with E-state index in [0.29, 0.717) is 5.56 Å². The lowest BCUT2D eigenvalue weighted by Gasteiger charge is -2.19. The average Bonchev–Trinajstić information content (AvgIpc) is 2.47. The second kappa shape index (κ2) is 6.13. The van der Waals surface area contributed by atoms with Crippen molar-refractivity contribution >= 4 is 5.69 Å². The third-order valence-electron chi connectivity index (χ3n) is 2.87. The number of anilines is 1. The molecule has 5 heteroatoms. The summed E-state index contributed by atoms with van der Waals surface area (Å²) in [5.41, 5.74) is 0.260. The molecule has 1 atom stereocenters. The summed E-state index contributed by atoms with van der Waals surface area (Å²) in [6.07, 6.45) is 0. The van der Waals surface area contributed by atoms with Crippen molar-refractivity contribution in [3.8, 4) is 6.07 Å². The van der Waals surface area contributed by atoms with E-state index >= 15 is 0 Å². The first kappa shape index (κ1) is 14.0. The van der Waals surface area contributed by atoms with E-state index in [1.807, 2.05) is 0 Å². The Kier molecular flexibility index (Phi) is 4.28. The summed E-state index contributed by atoms with van der Waals surface area (Å²) in [6, 6.07) is 11.8. The van der Waals surface area contributed by atoms with Gasteiger partial charge in [0.2, 0.25) is 0 Å². The van der Waals surface area contributed by atoms with Gasteiger partial charge >= 0.3 is 0 Å². The number of halogens is 2. The van der Waals surface area contributed by atoms with Crippen molar-refractivity contribution in [3.05, 3.63) is 65.2 Å². The Morgan fingerprint density at radius 3 is 2.25 bits per heavy atom. The molecule has 3 nitrogen and oxygen atoms in total. The molecule has 20 heavy (non-hydrogen) atoms. The van der Waals surface area contributed by atoms with Crippen molar-refractivity contribution in [2.24, 2.45) is 0 Å². The number of aliphatic hydroxyl groups excluding tert-OH is 1. The predicted octanol–water partition coefficient (Wildman–Crippen LogP) is 2.98. The van der Waals surface area contributed by atoms with Crippen molar-refractivity contribution in [1.29, 1.82) is 5.26 Å². The SMILES string of the molecule is N#Cc1cc(F)c(NC(CO)c2ccccc2)c(F)c1. The summed E-state index contributed by atoms with van der Waals surface area (Å²) in [5.74, 6) is -1.73. The van der Waals surface area contributed by atoms with Gasteiger partial charge in [0, 0.05) is 0 Å². The van der Waals surface area contributed by atoms with E-state index in [-0.39, 0.29) is 17.9 Å². The van der Waals surface area contributed by atoms with E-state index < -0.39 is 17.7 Å². The Bertz CT molecular complexity index is 615. The fourth-order valence-corrected chi connectivity index (χ4v) is 1.87. The van der Waals surface area contributed by atoms with Gasteiger partial charge in [0.25, 0.3) is 0 Å². The molecule has 2 N–H and O–H groups in total. The third kappa shape index (κ3) is 2.92. The Morgan fingerprint density at radius 1 is 1.15 bits per heavy atom. The lowest BCUT2D eigenvalue weighted by atomic mass is 10.1. The van der Waals surface area contributed by atoms with Gasteiger partial charge in [0.05, 0.1) is 24.3 Å². The van der Waals surface area contributed by atoms with Crippen molar-refractivity contribution < 1.29 is 13.9 Å². The van der Waals surface area contributed by atoms with Crippen LogP contribution in [0.15, 0.2) is 42.5 Å². The Hall–Kier alpha value is -2.45. The quantitative estimate of drug-likeness (QED) is 0.901. The topological polar surface area (TPSA) is 56.0 Å². The second-order valence-electron chi connectivity index (χ2n) is 4.22. The molecule has 0 radical (unpaired) electrons. The van der Waals surface area contributed by atoms with Crippen LogP contribution in [0.25, 0.3) is 0 Å². The number of nitriles is 1. The lowest BCUT2D eigenvalue weighted by molar-refractivity contribution is 0.276. The van der Waals surface area contributed by atoms with Crippen LogP contribution in [-0.2, 0) is 0 Å². The van der Waals surface area contributed by atoms with Crippen molar-refractivity contribution in [2.45, 2.75) is 6.04 Å². The molecule has 2 aromatic carbocycles. The molecule has 2 aromatic rings. The molecule has 0 saturated carbocycles. The van der Waals surface area contributed by atoms with Crippen LogP contribution in [0.4, 0.5) is 14.5 Å². The van der Waals surface area contributed by atoms with Crippen LogP contribution in [0, 0.1) is 23.0 Å². The minimum Gasteiger partial charge on any atom is -0.394 e. The third-order valence-corrected chi connectivity index (χ3v) is 2.87. The van der Waals surface area contributed by atoms with Crippen molar-refractivity contribution in [3.63, 3.8) is 0 Å². The number of aliphatic hydroxyl groups is 1. The largest absolute Gasteiger partial charge is 0.394 e. The highest BCUT2D eigenvalue weighted by atomic mass is 19.1. The molecular formula is C15H12F2N2O. The molecule has 0 amide bonds. The molecule has 0 heterocycles. The highest BCUT2D eigenvalue weighted by Gasteiger charge is 2.16. The van der Waals surface area contributed by atoms with Crippen LogP contribution in [0.5, 0.6) is 0 Å². The first-order valence-corrected chi connectivity index (χ1v) is 5.97. The zero-order chi connectivity index (χ0) is 14.5. The summed E-state index contributed by atoms with van der Waals surface area (Å²) in [7, 11) is 0. The molecule has 0 spiro atoms. The standard InChI is InChI=1S/C15H12F2N2O/c16-12-6-10(8-18)7-13(17)15(12)19-14(9-20)11-4-2-1-3-5-11/h1-7,14,19-20H,9H2. The number of nitrogens with one attached hydrogen (secondary N) is 1. The van der Waals surface area contributed by atoms with Gasteiger partial charge in [0.1, 0.15) is 5.69 Å². The molecule has 0 aliphatic carbocycles. The van der Waals surface area contributed by atoms with Gasteiger partial charge < -0.3 is 10.4 Å². The zero-order valence-corrected chi connectivity index (χ0v) is 10.5. The Labute approximate surface area is 115 Å². The monoisotopic (exact) mass is 274 g/mol. The summed E-state index contributed by atoms with van der Waals surface area (Å²) < 4.78 is 27.6. The highest BCUT2D eigenvalue weighted by molar-refractivity contribution is 5.51. The smallest absolute Gasteiger partial charge is 0.150 e. The van der Waals surface area contributed by atoms with Gasteiger partial charge in [-0.05, 0) is 17.7 Å². The van der Waals surface area contributed by atoms with Crippen LogP contribution in [0.3, 0.4) is 0 Å². The molecule has 0 fully saturated rings. The molecular weight excluding hydrogens is 262 g/mol. The molecule has 102 valence electrons. The normalized spacial score (nSPS) is 11.7. The van der Waals surface area contributed by atoms with Crippen LogP contribution in [0.1, 0.15) is 17.2 Å². The summed E-state index contributed by atoms with van der Waals surface area (Å²) in [5, 5.41) is 20.6. The molecule has 0 saturated heterocycles. The number of hydrogen-bond donors (Lipinski definition) is 2. The van der Waals surface area contributed by atoms with E-state index in [0.717, 1.165) is 12.1 Å². The van der Waals surface area contributed by atoms with E-state index in [1.54, 1.807) is 36.4 Å². The van der Waals surface area contributed by atoms with Gasteiger partial charge in [-0.15, -0.1) is 0 Å². The zero-order valence-electron chi connectivity index (χ0n) is 10.5. The highest BCUT2D eigenvalue weighted by Crippen LogP contribution is 2.25. The molecule has 0 aliphatic rings. The maximum absolute atomic E-state index is 13.8. The maximum Gasteiger partial charge on any atom is 0.150 e. The van der Waals surface area contributed by atoms with Gasteiger partial charge in [-0.1, -0.05) is 30.3 Å². The van der Waals surface area contributed by atoms with Gasteiger partial charge in [0.15, 0.2) is 11.6 Å². The summed E-state index contributed by atoms with van der Waals surface area (Å²) >= 11 is 0. The minimum absolute atomic E-state index is 0.0918. The van der Waals surface area contributed by atoms with E-state index in [4.69, 9.17) is 5.26 Å². The van der Waals surface area contributed by atoms with E-state index in [9.17, 15) is 13.9 Å². The fourth-order valence-electron chi connectivity index (χ4n) is 1.87. The number of hydrogen-bond acceptors (Lipinski definition) is 3. The van der Waals surface area contributed by atoms with E-state index in [2.05, 4.69) is 5.32 Å². The average molecular weight is 274 g/mol.